The second-order valence-corrected chi connectivity index (χ2v) is 6.36. The van der Waals surface area contributed by atoms with Crippen molar-refractivity contribution in [3.63, 3.8) is 0 Å². The summed E-state index contributed by atoms with van der Waals surface area (Å²) in [5, 5.41) is 6.42. The summed E-state index contributed by atoms with van der Waals surface area (Å²) >= 11 is 1.75. The van der Waals surface area contributed by atoms with E-state index in [1.165, 1.54) is 15.8 Å². The molecule has 2 rings (SSSR count). The van der Waals surface area contributed by atoms with Gasteiger partial charge in [-0.25, -0.2) is 4.39 Å². The van der Waals surface area contributed by atoms with Gasteiger partial charge in [-0.3, -0.25) is 4.99 Å². The van der Waals surface area contributed by atoms with Crippen molar-refractivity contribution in [2.24, 2.45) is 4.99 Å². The number of hydrogen-bond donors (Lipinski definition) is 2. The summed E-state index contributed by atoms with van der Waals surface area (Å²) in [5.41, 5.74) is 0.834. The van der Waals surface area contributed by atoms with E-state index < -0.39 is 0 Å². The van der Waals surface area contributed by atoms with Crippen LogP contribution in [0.3, 0.4) is 0 Å². The molecule has 0 fully saturated rings. The summed E-state index contributed by atoms with van der Waals surface area (Å²) < 4.78 is 19.0. The molecule has 7 heteroatoms. The van der Waals surface area contributed by atoms with Crippen molar-refractivity contribution >= 4 is 41.3 Å². The Morgan fingerprint density at radius 3 is 2.54 bits per heavy atom. The van der Waals surface area contributed by atoms with Gasteiger partial charge in [0.15, 0.2) is 17.5 Å². The van der Waals surface area contributed by atoms with Crippen LogP contribution >= 0.6 is 35.3 Å². The van der Waals surface area contributed by atoms with E-state index in [0.717, 1.165) is 12.1 Å². The third-order valence-corrected chi connectivity index (χ3v) is 4.21. The van der Waals surface area contributed by atoms with Crippen molar-refractivity contribution in [1.82, 2.24) is 10.6 Å². The molecule has 0 aliphatic rings. The minimum Gasteiger partial charge on any atom is -0.491 e. The zero-order chi connectivity index (χ0) is 16.7. The second kappa shape index (κ2) is 10.5. The Morgan fingerprint density at radius 1 is 1.21 bits per heavy atom. The summed E-state index contributed by atoms with van der Waals surface area (Å²) in [4.78, 5) is 6.71. The molecule has 0 unspecified atom stereocenters. The number of ether oxygens (including phenoxy) is 1. The lowest BCUT2D eigenvalue weighted by atomic mass is 10.2. The van der Waals surface area contributed by atoms with Crippen molar-refractivity contribution in [3.8, 4) is 5.75 Å². The molecule has 4 nitrogen and oxygen atoms in total. The van der Waals surface area contributed by atoms with E-state index in [-0.39, 0.29) is 35.5 Å². The average molecular weight is 463 g/mol. The van der Waals surface area contributed by atoms with Crippen LogP contribution in [-0.4, -0.2) is 19.6 Å². The lowest BCUT2D eigenvalue weighted by Crippen LogP contribution is -2.36. The fourth-order valence-electron chi connectivity index (χ4n) is 2.08. The molecule has 2 aromatic rings. The Kier molecular flexibility index (Phi) is 9.05. The number of rotatable bonds is 6. The Labute approximate surface area is 163 Å². The van der Waals surface area contributed by atoms with Crippen LogP contribution in [0.4, 0.5) is 4.39 Å². The fourth-order valence-corrected chi connectivity index (χ4v) is 2.91. The predicted octanol–water partition coefficient (Wildman–Crippen LogP) is 4.08. The Bertz CT molecular complexity index is 676. The maximum absolute atomic E-state index is 13.8. The quantitative estimate of drug-likeness (QED) is 0.386. The molecule has 0 atom stereocenters. The number of halogens is 2. The van der Waals surface area contributed by atoms with Crippen LogP contribution in [0.1, 0.15) is 22.2 Å². The number of nitrogens with one attached hydrogen (secondary N) is 2. The summed E-state index contributed by atoms with van der Waals surface area (Å²) in [7, 11) is 1.72. The molecule has 0 radical (unpaired) electrons. The predicted molar refractivity (Wildman–Crippen MR) is 109 cm³/mol. The highest BCUT2D eigenvalue weighted by atomic mass is 127. The summed E-state index contributed by atoms with van der Waals surface area (Å²) in [6.07, 6.45) is 0. The van der Waals surface area contributed by atoms with E-state index in [9.17, 15) is 4.39 Å². The smallest absolute Gasteiger partial charge is 0.191 e. The molecule has 132 valence electrons. The van der Waals surface area contributed by atoms with Crippen LogP contribution in [0.15, 0.2) is 35.3 Å². The SMILES string of the molecule is CCOc1ccc(CNC(=NC)NCc2ccc(C)s2)cc1F.I. The molecule has 0 amide bonds. The zero-order valence-electron chi connectivity index (χ0n) is 14.1. The third-order valence-electron chi connectivity index (χ3n) is 3.21. The molecule has 24 heavy (non-hydrogen) atoms. The number of thiophene rings is 1. The van der Waals surface area contributed by atoms with Gasteiger partial charge in [-0.2, -0.15) is 0 Å². The summed E-state index contributed by atoms with van der Waals surface area (Å²) in [6, 6.07) is 9.17. The van der Waals surface area contributed by atoms with Gasteiger partial charge in [0.05, 0.1) is 13.2 Å². The van der Waals surface area contributed by atoms with Gasteiger partial charge in [0.2, 0.25) is 0 Å². The molecular formula is C17H23FIN3OS. The number of aliphatic imine (C=N–C) groups is 1. The first-order chi connectivity index (χ1) is 11.1. The first-order valence-corrected chi connectivity index (χ1v) is 8.35. The average Bonchev–Trinajstić information content (AvgIpc) is 2.95. The van der Waals surface area contributed by atoms with E-state index in [2.05, 4.69) is 34.7 Å². The number of hydrogen-bond acceptors (Lipinski definition) is 3. The van der Waals surface area contributed by atoms with Gasteiger partial charge in [0, 0.05) is 23.3 Å². The Hall–Kier alpha value is -1.35. The molecule has 1 aromatic heterocycles. The van der Waals surface area contributed by atoms with Gasteiger partial charge in [-0.05, 0) is 43.7 Å². The number of benzene rings is 1. The van der Waals surface area contributed by atoms with Gasteiger partial charge in [-0.15, -0.1) is 35.3 Å². The second-order valence-electron chi connectivity index (χ2n) is 4.99. The summed E-state index contributed by atoms with van der Waals surface area (Å²) in [5.74, 6) is 0.625. The first kappa shape index (κ1) is 20.7. The molecule has 0 saturated carbocycles. The molecule has 1 heterocycles. The standard InChI is InChI=1S/C17H22FN3OS.HI/c1-4-22-16-8-6-13(9-15(16)18)10-20-17(19-3)21-11-14-7-5-12(2)23-14;/h5-9H,4,10-11H2,1-3H3,(H2,19,20,21);1H. The Morgan fingerprint density at radius 2 is 1.96 bits per heavy atom. The number of guanidine groups is 1. The van der Waals surface area contributed by atoms with Crippen LogP contribution in [-0.2, 0) is 13.1 Å². The highest BCUT2D eigenvalue weighted by Crippen LogP contribution is 2.18. The topological polar surface area (TPSA) is 45.6 Å². The molecule has 2 N–H and O–H groups in total. The van der Waals surface area contributed by atoms with Crippen molar-refractivity contribution in [2.75, 3.05) is 13.7 Å². The van der Waals surface area contributed by atoms with Gasteiger partial charge < -0.3 is 15.4 Å². The molecular weight excluding hydrogens is 440 g/mol. The fraction of sp³-hybridized carbons (Fsp3) is 0.353. The normalized spacial score (nSPS) is 10.9. The summed E-state index contributed by atoms with van der Waals surface area (Å²) in [6.45, 7) is 5.58. The van der Waals surface area contributed by atoms with Crippen LogP contribution in [0, 0.1) is 12.7 Å². The highest BCUT2D eigenvalue weighted by Gasteiger charge is 2.05. The molecule has 0 aliphatic carbocycles. The minimum atomic E-state index is -0.344. The molecule has 0 aliphatic heterocycles. The highest BCUT2D eigenvalue weighted by molar-refractivity contribution is 14.0. The van der Waals surface area contributed by atoms with Gasteiger partial charge in [0.25, 0.3) is 0 Å². The van der Waals surface area contributed by atoms with E-state index in [4.69, 9.17) is 4.74 Å². The van der Waals surface area contributed by atoms with Crippen LogP contribution in [0.2, 0.25) is 0 Å². The van der Waals surface area contributed by atoms with Gasteiger partial charge in [-0.1, -0.05) is 6.07 Å². The van der Waals surface area contributed by atoms with Crippen LogP contribution in [0.25, 0.3) is 0 Å². The molecule has 0 spiro atoms. The van der Waals surface area contributed by atoms with Crippen molar-refractivity contribution < 1.29 is 9.13 Å². The maximum atomic E-state index is 13.8. The Balaban J connectivity index is 0.00000288. The molecule has 1 aromatic carbocycles. The lowest BCUT2D eigenvalue weighted by Gasteiger charge is -2.12. The van der Waals surface area contributed by atoms with Crippen molar-refractivity contribution in [3.05, 3.63) is 51.5 Å². The number of aryl methyl sites for hydroxylation is 1. The van der Waals surface area contributed by atoms with Crippen molar-refractivity contribution in [2.45, 2.75) is 26.9 Å². The number of nitrogens with zero attached hydrogens (tertiary/aromatic N) is 1. The third kappa shape index (κ3) is 6.27. The van der Waals surface area contributed by atoms with Crippen LogP contribution < -0.4 is 15.4 Å². The van der Waals surface area contributed by atoms with E-state index in [1.54, 1.807) is 24.5 Å². The monoisotopic (exact) mass is 463 g/mol. The largest absolute Gasteiger partial charge is 0.491 e. The van der Waals surface area contributed by atoms with E-state index >= 15 is 0 Å². The lowest BCUT2D eigenvalue weighted by molar-refractivity contribution is 0.321. The molecule has 0 saturated heterocycles. The van der Waals surface area contributed by atoms with Gasteiger partial charge >= 0.3 is 0 Å². The van der Waals surface area contributed by atoms with Crippen LogP contribution in [0.5, 0.6) is 5.75 Å². The van der Waals surface area contributed by atoms with E-state index in [0.29, 0.717) is 19.1 Å². The van der Waals surface area contributed by atoms with Gasteiger partial charge in [0.1, 0.15) is 0 Å². The minimum absolute atomic E-state index is 0. The zero-order valence-corrected chi connectivity index (χ0v) is 17.2. The van der Waals surface area contributed by atoms with Crippen molar-refractivity contribution in [1.29, 1.82) is 0 Å². The first-order valence-electron chi connectivity index (χ1n) is 7.53. The molecule has 0 bridgehead atoms. The van der Waals surface area contributed by atoms with E-state index in [1.807, 2.05) is 13.0 Å². The maximum Gasteiger partial charge on any atom is 0.191 e.